The lowest BCUT2D eigenvalue weighted by Crippen LogP contribution is -2.35. The molecule has 16 nitrogen and oxygen atoms in total. The molecule has 39 heavy (non-hydrogen) atoms. The van der Waals surface area contributed by atoms with E-state index >= 15 is 0 Å². The van der Waals surface area contributed by atoms with E-state index in [1.165, 1.54) is 0 Å². The molecule has 0 rings (SSSR count). The number of rotatable bonds is 29. The van der Waals surface area contributed by atoms with E-state index in [0.29, 0.717) is 13.2 Å². The molecule has 0 radical (unpaired) electrons. The second kappa shape index (κ2) is 26.3. The maximum atomic E-state index is 10.1. The fourth-order valence-corrected chi connectivity index (χ4v) is 2.70. The largest absolute Gasteiger partial charge is 0.394 e. The van der Waals surface area contributed by atoms with Crippen LogP contribution in [0.25, 0.3) is 0 Å². The Morgan fingerprint density at radius 3 is 1.18 bits per heavy atom. The van der Waals surface area contributed by atoms with Crippen molar-refractivity contribution < 1.29 is 74.0 Å². The molecule has 0 spiro atoms. The minimum Gasteiger partial charge on any atom is -0.394 e. The Morgan fingerprint density at radius 2 is 0.769 bits per heavy atom. The van der Waals surface area contributed by atoms with Crippen LogP contribution in [0, 0.1) is 0 Å². The van der Waals surface area contributed by atoms with Crippen LogP contribution in [0.1, 0.15) is 0 Å². The molecule has 7 unspecified atom stereocenters. The van der Waals surface area contributed by atoms with Crippen molar-refractivity contribution in [3.8, 4) is 0 Å². The van der Waals surface area contributed by atoms with Gasteiger partial charge >= 0.3 is 0 Å². The van der Waals surface area contributed by atoms with Crippen LogP contribution in [-0.2, 0) is 33.2 Å². The van der Waals surface area contributed by atoms with Gasteiger partial charge in [0, 0.05) is 6.54 Å². The Bertz CT molecular complexity index is 524. The van der Waals surface area contributed by atoms with Gasteiger partial charge in [-0.25, -0.2) is 0 Å². The number of hydrogen-bond acceptors (Lipinski definition) is 16. The predicted octanol–water partition coefficient (Wildman–Crippen LogP) is -5.42. The summed E-state index contributed by atoms with van der Waals surface area (Å²) in [6, 6.07) is 0. The Hall–Kier alpha value is -0.640. The fraction of sp³-hybridized carbons (Fsp3) is 1.00. The molecule has 0 aliphatic carbocycles. The van der Waals surface area contributed by atoms with E-state index in [1.54, 1.807) is 0 Å². The summed E-state index contributed by atoms with van der Waals surface area (Å²) in [5.74, 6) is 0. The van der Waals surface area contributed by atoms with E-state index in [1.807, 2.05) is 0 Å². The summed E-state index contributed by atoms with van der Waals surface area (Å²) in [6.07, 6.45) is -6.18. The molecule has 0 aliphatic heterocycles. The highest BCUT2D eigenvalue weighted by Gasteiger charge is 2.17. The molecule has 0 bridgehead atoms. The van der Waals surface area contributed by atoms with Gasteiger partial charge in [0.25, 0.3) is 0 Å². The van der Waals surface area contributed by atoms with Crippen molar-refractivity contribution in [2.45, 2.75) is 42.7 Å². The molecule has 10 N–H and O–H groups in total. The summed E-state index contributed by atoms with van der Waals surface area (Å²) in [4.78, 5) is 0. The highest BCUT2D eigenvalue weighted by atomic mass is 16.6. The van der Waals surface area contributed by atoms with E-state index in [4.69, 9.17) is 49.1 Å². The monoisotopic (exact) mass is 579 g/mol. The Morgan fingerprint density at radius 1 is 0.410 bits per heavy atom. The van der Waals surface area contributed by atoms with Crippen molar-refractivity contribution in [2.75, 3.05) is 106 Å². The summed E-state index contributed by atoms with van der Waals surface area (Å²) in [7, 11) is 0. The number of aliphatic hydroxyl groups is 8. The van der Waals surface area contributed by atoms with Crippen LogP contribution in [0.4, 0.5) is 0 Å². The van der Waals surface area contributed by atoms with E-state index in [2.05, 4.69) is 0 Å². The zero-order valence-corrected chi connectivity index (χ0v) is 22.4. The highest BCUT2D eigenvalue weighted by Crippen LogP contribution is 2.02. The van der Waals surface area contributed by atoms with Gasteiger partial charge in [-0.2, -0.15) is 0 Å². The van der Waals surface area contributed by atoms with Gasteiger partial charge in [0.1, 0.15) is 42.7 Å². The maximum absolute atomic E-state index is 10.1. The zero-order chi connectivity index (χ0) is 29.3. The quantitative estimate of drug-likeness (QED) is 0.0375. The average molecular weight is 580 g/mol. The third-order valence-electron chi connectivity index (χ3n) is 4.81. The molecular formula is C23H49NO15. The van der Waals surface area contributed by atoms with Crippen LogP contribution in [-0.4, -0.2) is 189 Å². The highest BCUT2D eigenvalue weighted by molar-refractivity contribution is 4.63. The number of hydrogen-bond donors (Lipinski definition) is 9. The van der Waals surface area contributed by atoms with Crippen molar-refractivity contribution in [3.05, 3.63) is 0 Å². The summed E-state index contributed by atoms with van der Waals surface area (Å²) >= 11 is 0. The molecule has 0 amide bonds. The Kier molecular flexibility index (Phi) is 25.8. The summed E-state index contributed by atoms with van der Waals surface area (Å²) in [6.45, 7) is -1.79. The number of nitrogens with two attached hydrogens (primary N) is 1. The molecule has 0 saturated carbocycles. The molecule has 0 aromatic carbocycles. The minimum absolute atomic E-state index is 0.0320. The minimum atomic E-state index is -1.07. The van der Waals surface area contributed by atoms with Gasteiger partial charge in [0.15, 0.2) is 0 Å². The predicted molar refractivity (Wildman–Crippen MR) is 134 cm³/mol. The topological polar surface area (TPSA) is 252 Å². The van der Waals surface area contributed by atoms with Gasteiger partial charge in [0.05, 0.1) is 99.1 Å². The molecule has 236 valence electrons. The summed E-state index contributed by atoms with van der Waals surface area (Å²) in [5.41, 5.74) is 5.43. The molecular weight excluding hydrogens is 530 g/mol. The van der Waals surface area contributed by atoms with Crippen molar-refractivity contribution in [1.29, 1.82) is 0 Å². The molecule has 0 fully saturated rings. The molecule has 16 heteroatoms. The van der Waals surface area contributed by atoms with Crippen molar-refractivity contribution in [2.24, 2.45) is 5.73 Å². The van der Waals surface area contributed by atoms with Gasteiger partial charge in [-0.05, 0) is 0 Å². The molecule has 0 heterocycles. The second-order valence-corrected chi connectivity index (χ2v) is 8.69. The summed E-state index contributed by atoms with van der Waals surface area (Å²) < 4.78 is 37.5. The third-order valence-corrected chi connectivity index (χ3v) is 4.81. The van der Waals surface area contributed by atoms with Crippen molar-refractivity contribution >= 4 is 0 Å². The van der Waals surface area contributed by atoms with E-state index in [0.717, 1.165) is 0 Å². The normalized spacial score (nSPS) is 17.5. The average Bonchev–Trinajstić information content (AvgIpc) is 2.94. The first-order valence-electron chi connectivity index (χ1n) is 12.8. The van der Waals surface area contributed by atoms with Gasteiger partial charge in [-0.3, -0.25) is 0 Å². The van der Waals surface area contributed by atoms with Crippen molar-refractivity contribution in [3.63, 3.8) is 0 Å². The molecule has 0 saturated heterocycles. The first-order valence-corrected chi connectivity index (χ1v) is 12.8. The first kappa shape index (κ1) is 38.4. The zero-order valence-electron chi connectivity index (χ0n) is 22.4. The smallest absolute Gasteiger partial charge is 0.104 e. The lowest BCUT2D eigenvalue weighted by molar-refractivity contribution is -0.115. The summed E-state index contributed by atoms with van der Waals surface area (Å²) in [5, 5.41) is 74.8. The van der Waals surface area contributed by atoms with Crippen LogP contribution in [0.3, 0.4) is 0 Å². The lowest BCUT2D eigenvalue weighted by Gasteiger charge is -2.22. The first-order chi connectivity index (χ1) is 18.8. The van der Waals surface area contributed by atoms with Gasteiger partial charge in [-0.1, -0.05) is 0 Å². The van der Waals surface area contributed by atoms with Crippen LogP contribution in [0.5, 0.6) is 0 Å². The van der Waals surface area contributed by atoms with E-state index < -0.39 is 55.9 Å². The van der Waals surface area contributed by atoms with Crippen LogP contribution in [0.2, 0.25) is 0 Å². The second-order valence-electron chi connectivity index (χ2n) is 8.69. The SMILES string of the molecule is NCCOCC(COCC(O)COCC(CO)OCC(O)CO)OCC(O)COCC(CO)OCC(O)CO. The van der Waals surface area contributed by atoms with Gasteiger partial charge in [-0.15, -0.1) is 0 Å². The fourth-order valence-electron chi connectivity index (χ4n) is 2.70. The van der Waals surface area contributed by atoms with Gasteiger partial charge < -0.3 is 79.7 Å². The van der Waals surface area contributed by atoms with E-state index in [-0.39, 0.29) is 79.3 Å². The number of aliphatic hydroxyl groups excluding tert-OH is 8. The standard InChI is InChI=1S/C23H49NO15/c24-1-2-33-15-23(39-12-20(32)9-35-14-22(6-28)38-11-18(30)4-26)16-36-8-19(31)7-34-13-21(5-27)37-10-17(29)3-25/h17-23,25-32H,1-16,24H2. The van der Waals surface area contributed by atoms with Gasteiger partial charge in [0.2, 0.25) is 0 Å². The lowest BCUT2D eigenvalue weighted by atomic mass is 10.3. The third kappa shape index (κ3) is 22.7. The molecule has 0 aliphatic rings. The van der Waals surface area contributed by atoms with Crippen molar-refractivity contribution in [1.82, 2.24) is 0 Å². The Balaban J connectivity index is 4.27. The maximum Gasteiger partial charge on any atom is 0.104 e. The Labute approximate surface area is 228 Å². The number of ether oxygens (including phenoxy) is 7. The van der Waals surface area contributed by atoms with Crippen LogP contribution < -0.4 is 5.73 Å². The molecule has 0 aromatic rings. The van der Waals surface area contributed by atoms with E-state index in [9.17, 15) is 30.6 Å². The molecule has 7 atom stereocenters. The van der Waals surface area contributed by atoms with Crippen LogP contribution in [0.15, 0.2) is 0 Å². The molecule has 0 aromatic heterocycles. The van der Waals surface area contributed by atoms with Crippen LogP contribution >= 0.6 is 0 Å².